The van der Waals surface area contributed by atoms with Crippen molar-refractivity contribution < 1.29 is 17.6 Å². The Morgan fingerprint density at radius 2 is 0.363 bits per heavy atom. The fraction of sp³-hybridized carbons (Fsp3) is 0.492. The lowest BCUT2D eigenvalue weighted by Crippen LogP contribution is -2.32. The van der Waals surface area contributed by atoms with Crippen LogP contribution >= 0.6 is 21.6 Å². The molecule has 0 aliphatic rings. The Kier molecular flexibility index (Phi) is 30.8. The summed E-state index contributed by atoms with van der Waals surface area (Å²) in [5.41, 5.74) is 15.3. The van der Waals surface area contributed by atoms with Gasteiger partial charge in [0, 0.05) is 35.5 Å². The summed E-state index contributed by atoms with van der Waals surface area (Å²) in [6, 6.07) is 47.3. The first-order valence-electron chi connectivity index (χ1n) is 44.9. The number of hydrogen-bond acceptors (Lipinski definition) is 2. The van der Waals surface area contributed by atoms with Crippen LogP contribution in [-0.2, 0) is 75.8 Å². The second kappa shape index (κ2) is 37.8. The van der Waals surface area contributed by atoms with Crippen molar-refractivity contribution in [1.29, 1.82) is 0 Å². The van der Waals surface area contributed by atoms with Gasteiger partial charge in [-0.3, -0.25) is 0 Å². The molecule has 0 aromatic heterocycles. The molecule has 8 aromatic rings. The number of halogens is 4. The van der Waals surface area contributed by atoms with Crippen LogP contribution in [0.1, 0.15) is 410 Å². The lowest BCUT2D eigenvalue weighted by molar-refractivity contribution is 0.556. The summed E-state index contributed by atoms with van der Waals surface area (Å²) in [6.45, 7) is 81.3. The zero-order valence-corrected chi connectivity index (χ0v) is 84.3. The van der Waals surface area contributed by atoms with Crippen LogP contribution in [0.5, 0.6) is 0 Å². The van der Waals surface area contributed by atoms with Crippen molar-refractivity contribution in [3.63, 3.8) is 0 Å². The summed E-state index contributed by atoms with van der Waals surface area (Å²) in [7, 11) is 3.62. The van der Waals surface area contributed by atoms with Crippen molar-refractivity contribution in [3.8, 4) is 71.0 Å². The van der Waals surface area contributed by atoms with Crippen LogP contribution in [-0.4, -0.2) is 11.5 Å². The Morgan fingerprint density at radius 1 is 0.202 bits per heavy atom. The maximum Gasteiger partial charge on any atom is 0.143 e. The molecule has 0 spiro atoms. The Balaban J connectivity index is 0.978. The van der Waals surface area contributed by atoms with Gasteiger partial charge in [-0.15, -0.1) is 0 Å². The van der Waals surface area contributed by atoms with Gasteiger partial charge in [0.15, 0.2) is 0 Å². The normalized spacial score (nSPS) is 12.9. The van der Waals surface area contributed by atoms with E-state index in [1.54, 1.807) is 0 Å². The van der Waals surface area contributed by atoms with Gasteiger partial charge in [-0.25, -0.2) is 17.6 Å². The van der Waals surface area contributed by atoms with E-state index in [9.17, 15) is 0 Å². The van der Waals surface area contributed by atoms with E-state index in [4.69, 9.17) is 0 Å². The highest BCUT2D eigenvalue weighted by Gasteiger charge is 2.44. The van der Waals surface area contributed by atoms with Crippen molar-refractivity contribution >= 4 is 21.6 Å². The van der Waals surface area contributed by atoms with Crippen LogP contribution in [0.2, 0.25) is 0 Å². The summed E-state index contributed by atoms with van der Waals surface area (Å²) in [5.74, 6) is 37.1. The van der Waals surface area contributed by atoms with E-state index in [1.807, 2.05) is 21.6 Å². The second-order valence-corrected chi connectivity index (χ2v) is 49.8. The van der Waals surface area contributed by atoms with E-state index in [1.165, 1.54) is 91.0 Å². The fourth-order valence-corrected chi connectivity index (χ4v) is 17.2. The molecule has 0 nitrogen and oxygen atoms in total. The van der Waals surface area contributed by atoms with Gasteiger partial charge in [0.2, 0.25) is 0 Å². The van der Waals surface area contributed by atoms with Crippen LogP contribution in [0.25, 0.3) is 0 Å². The molecule has 0 heterocycles. The van der Waals surface area contributed by atoms with Crippen molar-refractivity contribution in [3.05, 3.63) is 279 Å². The molecule has 8 aromatic carbocycles. The van der Waals surface area contributed by atoms with Crippen LogP contribution in [0.4, 0.5) is 17.6 Å². The standard InChI is InChI=1S/C118H146F4S2/c1-105(2,3)81-61-82(106(4,5)6)68-93(67-81)117(94-69-83(107(7,8)9)62-84(70-94)108(10,11)12,95-71-85(109(13,14)15)63-86(72-95)110(16,17)18)53-45-43-51-99-101(119)57-79(58-102(99)120)49-41-37-39-47-55-123-124-56-48-40-38-42-50-80-59-103(121)100(104(122)60-80)52-44-46-54-118(96-73-87(111(19,20)21)64-88(74-96)112(22,23)24,97-75-89(113(25,26)27)65-90(76-97)114(28,29)30)98-77-91(115(31,32)33)66-92(78-98)116(34,35)36/h57-78H,37-40,47-48,55-56H2,1-36H3. The molecule has 0 aliphatic carbocycles. The molecular formula is C118H146F4S2. The first-order valence-corrected chi connectivity index (χ1v) is 47.4. The third kappa shape index (κ3) is 25.7. The SMILES string of the molecule is CC(C)(C)c1cc(C(C)(C)C)cc(C(C#CC#Cc2c(F)cc(C#CCCCCSSCCCCC#Cc3cc(F)c(C#CC#CC(c4cc(C(C)(C)C)cc(C(C)(C)C)c4)(c4cc(C(C)(C)C)cc(C(C)(C)C)c4)c4cc(C(C)(C)C)cc(C(C)(C)C)c4)c(F)c3)cc2F)(c2cc(C(C)(C)C)cc(C(C)(C)C)c2)c2cc(C(C)(C)C)cc(C(C)(C)C)c2)c1. The summed E-state index contributed by atoms with van der Waals surface area (Å²) in [5, 5.41) is 0. The predicted molar refractivity (Wildman–Crippen MR) is 531 cm³/mol. The molecule has 0 fully saturated rings. The lowest BCUT2D eigenvalue weighted by atomic mass is 9.64. The van der Waals surface area contributed by atoms with Gasteiger partial charge in [-0.1, -0.05) is 416 Å². The summed E-state index contributed by atoms with van der Waals surface area (Å²) >= 11 is 0. The minimum Gasteiger partial charge on any atom is -0.205 e. The predicted octanol–water partition coefficient (Wildman–Crippen LogP) is 31.7. The first kappa shape index (κ1) is 101. The van der Waals surface area contributed by atoms with E-state index in [0.29, 0.717) is 12.8 Å². The first-order chi connectivity index (χ1) is 56.6. The maximum atomic E-state index is 16.3. The molecule has 0 bridgehead atoms. The highest BCUT2D eigenvalue weighted by molar-refractivity contribution is 8.76. The van der Waals surface area contributed by atoms with E-state index < -0.39 is 34.1 Å². The molecule has 6 heteroatoms. The zero-order valence-electron chi connectivity index (χ0n) is 82.7. The Morgan fingerprint density at radius 3 is 0.524 bits per heavy atom. The summed E-state index contributed by atoms with van der Waals surface area (Å²) in [4.78, 5) is 0. The van der Waals surface area contributed by atoms with Gasteiger partial charge < -0.3 is 0 Å². The van der Waals surface area contributed by atoms with E-state index >= 15 is 17.6 Å². The Bertz CT molecular complexity index is 4690. The molecule has 0 amide bonds. The average molecular weight is 1700 g/mol. The molecule has 0 atom stereocenters. The molecule has 0 saturated carbocycles. The van der Waals surface area contributed by atoms with Crippen LogP contribution in [0.15, 0.2) is 133 Å². The highest BCUT2D eigenvalue weighted by atomic mass is 33.1. The van der Waals surface area contributed by atoms with Crippen LogP contribution in [0.3, 0.4) is 0 Å². The number of unbranched alkanes of at least 4 members (excludes halogenated alkanes) is 4. The molecule has 658 valence electrons. The van der Waals surface area contributed by atoms with Gasteiger partial charge in [-0.2, -0.15) is 0 Å². The highest BCUT2D eigenvalue weighted by Crippen LogP contribution is 2.51. The van der Waals surface area contributed by atoms with E-state index in [2.05, 4.69) is 429 Å². The van der Waals surface area contributed by atoms with Crippen LogP contribution < -0.4 is 0 Å². The fourth-order valence-electron chi connectivity index (χ4n) is 14.9. The van der Waals surface area contributed by atoms with Crippen LogP contribution in [0, 0.1) is 94.3 Å². The molecule has 8 rings (SSSR count). The monoisotopic (exact) mass is 1700 g/mol. The second-order valence-electron chi connectivity index (χ2n) is 47.1. The summed E-state index contributed by atoms with van der Waals surface area (Å²) < 4.78 is 65.2. The van der Waals surface area contributed by atoms with Crippen molar-refractivity contribution in [2.24, 2.45) is 0 Å². The topological polar surface area (TPSA) is 0 Å². The largest absolute Gasteiger partial charge is 0.205 e. The quantitative estimate of drug-likeness (QED) is 0.0330. The van der Waals surface area contributed by atoms with Gasteiger partial charge in [0.05, 0.1) is 11.1 Å². The molecular weight excluding hydrogens is 1560 g/mol. The number of benzene rings is 8. The molecule has 0 N–H and O–H groups in total. The maximum absolute atomic E-state index is 16.3. The van der Waals surface area contributed by atoms with Crippen molar-refractivity contribution in [1.82, 2.24) is 0 Å². The number of rotatable bonds is 15. The van der Waals surface area contributed by atoms with Gasteiger partial charge in [0.25, 0.3) is 0 Å². The third-order valence-electron chi connectivity index (χ3n) is 23.8. The Labute approximate surface area is 759 Å². The molecule has 0 saturated heterocycles. The average Bonchev–Trinajstić information content (AvgIpc) is 0.727. The molecule has 0 radical (unpaired) electrons. The summed E-state index contributed by atoms with van der Waals surface area (Å²) in [6.07, 6.45) is 4.71. The minimum atomic E-state index is -1.12. The van der Waals surface area contributed by atoms with E-state index in [-0.39, 0.29) is 87.2 Å². The lowest BCUT2D eigenvalue weighted by Gasteiger charge is -2.38. The van der Waals surface area contributed by atoms with Gasteiger partial charge in [-0.05, 0) is 251 Å². The third-order valence-corrected chi connectivity index (χ3v) is 26.4. The molecule has 0 unspecified atom stereocenters. The van der Waals surface area contributed by atoms with Crippen molar-refractivity contribution in [2.45, 2.75) is 364 Å². The minimum absolute atomic E-state index is 0.220. The number of hydrogen-bond donors (Lipinski definition) is 0. The molecule has 124 heavy (non-hydrogen) atoms. The zero-order chi connectivity index (χ0) is 93.1. The van der Waals surface area contributed by atoms with Crippen molar-refractivity contribution in [2.75, 3.05) is 11.5 Å². The van der Waals surface area contributed by atoms with Gasteiger partial charge >= 0.3 is 0 Å². The van der Waals surface area contributed by atoms with Gasteiger partial charge in [0.1, 0.15) is 34.1 Å². The molecule has 0 aliphatic heterocycles. The smallest absolute Gasteiger partial charge is 0.143 e. The Hall–Kier alpha value is -8.46. The van der Waals surface area contributed by atoms with E-state index in [0.717, 1.165) is 70.6 Å².